The first kappa shape index (κ1) is 29.1. The van der Waals surface area contributed by atoms with Crippen molar-refractivity contribution in [1.29, 1.82) is 0 Å². The zero-order chi connectivity index (χ0) is 29.6. The summed E-state index contributed by atoms with van der Waals surface area (Å²) in [7, 11) is 0. The first-order chi connectivity index (χ1) is 21.1. The van der Waals surface area contributed by atoms with Gasteiger partial charge >= 0.3 is 269 Å². The van der Waals surface area contributed by atoms with Crippen molar-refractivity contribution in [2.24, 2.45) is 0 Å². The maximum atomic E-state index is 6.16. The summed E-state index contributed by atoms with van der Waals surface area (Å²) in [6, 6.07) is 36.3. The molecule has 0 fully saturated rings. The van der Waals surface area contributed by atoms with E-state index in [2.05, 4.69) is 58.2 Å². The van der Waals surface area contributed by atoms with E-state index in [4.69, 9.17) is 14.1 Å². The van der Waals surface area contributed by atoms with Crippen LogP contribution >= 0.6 is 0 Å². The van der Waals surface area contributed by atoms with Crippen LogP contribution < -0.4 is 19.0 Å². The molecule has 0 saturated heterocycles. The summed E-state index contributed by atoms with van der Waals surface area (Å²) in [5, 5.41) is 2.12. The first-order valence-electron chi connectivity index (χ1n) is 14.1. The quantitative estimate of drug-likeness (QED) is 0.131. The molecule has 0 aliphatic carbocycles. The standard InChI is InChI=1S/C14H15NO2.2C10H9NO.2Ga/c1-2-15(11-5-3-7-13(16)9-11)12-6-4-8-14(17)10-12;2*1-7-5-6-8-3-2-4-9(12)10(8)11-7;;/h3-10,16-17H,2H2,1H3;2*2-6,12H,1H3;;/q;;;2*+2/p-4. The second-order valence-electron chi connectivity index (χ2n) is 9.96. The van der Waals surface area contributed by atoms with E-state index < -0.39 is 36.3 Å². The minimum atomic E-state index is -1.52. The van der Waals surface area contributed by atoms with Crippen molar-refractivity contribution < 1.29 is 14.1 Å². The Morgan fingerprint density at radius 1 is 0.558 bits per heavy atom. The summed E-state index contributed by atoms with van der Waals surface area (Å²) in [5.41, 5.74) is 5.72. The third-order valence-electron chi connectivity index (χ3n) is 6.94. The zero-order valence-corrected chi connectivity index (χ0v) is 29.1. The minimum absolute atomic E-state index is 0.768. The number of hydrogen-bond acceptors (Lipinski definition) is 7. The molecule has 0 spiro atoms. The van der Waals surface area contributed by atoms with Gasteiger partial charge < -0.3 is 0 Å². The van der Waals surface area contributed by atoms with Crippen LogP contribution in [0, 0.1) is 13.8 Å². The number of fused-ring (bicyclic) bond motifs is 2. The average molecular weight is 683 g/mol. The van der Waals surface area contributed by atoms with Crippen LogP contribution in [0.3, 0.4) is 0 Å². The third-order valence-corrected chi connectivity index (χ3v) is 9.95. The molecular formula is C34H29Ga2N3O4. The normalized spacial score (nSPS) is 10.8. The van der Waals surface area contributed by atoms with Gasteiger partial charge in [0.05, 0.1) is 0 Å². The summed E-state index contributed by atoms with van der Waals surface area (Å²) in [5.74, 6) is 3.11. The molecule has 43 heavy (non-hydrogen) atoms. The monoisotopic (exact) mass is 681 g/mol. The Labute approximate surface area is 268 Å². The van der Waals surface area contributed by atoms with Crippen molar-refractivity contribution in [3.8, 4) is 23.0 Å². The summed E-state index contributed by atoms with van der Waals surface area (Å²) in [6.07, 6.45) is 0. The van der Waals surface area contributed by atoms with E-state index in [1.165, 1.54) is 0 Å². The van der Waals surface area contributed by atoms with E-state index in [1.807, 2.05) is 86.6 Å². The number of pyridine rings is 2. The average Bonchev–Trinajstić information content (AvgIpc) is 3.02. The van der Waals surface area contributed by atoms with Gasteiger partial charge in [-0.25, -0.2) is 0 Å². The van der Waals surface area contributed by atoms with Crippen LogP contribution in [0.5, 0.6) is 23.0 Å². The van der Waals surface area contributed by atoms with Crippen molar-refractivity contribution in [2.45, 2.75) is 20.8 Å². The molecular weight excluding hydrogens is 654 g/mol. The Balaban J connectivity index is 1.10. The summed E-state index contributed by atoms with van der Waals surface area (Å²) in [6.45, 7) is 6.88. The van der Waals surface area contributed by atoms with Crippen LogP contribution in [-0.4, -0.2) is 52.8 Å². The maximum absolute atomic E-state index is 6.16. The van der Waals surface area contributed by atoms with Crippen LogP contribution in [0.25, 0.3) is 21.8 Å². The van der Waals surface area contributed by atoms with Crippen molar-refractivity contribution in [1.82, 2.24) is 9.97 Å². The van der Waals surface area contributed by atoms with Crippen LogP contribution in [0.15, 0.2) is 109 Å². The Morgan fingerprint density at radius 2 is 1.02 bits per heavy atom. The van der Waals surface area contributed by atoms with Gasteiger partial charge in [0.2, 0.25) is 0 Å². The molecule has 0 bridgehead atoms. The fraction of sp³-hybridized carbons (Fsp3) is 0.118. The number of benzene rings is 4. The molecule has 0 aliphatic heterocycles. The number of aryl methyl sites for hydroxylation is 2. The van der Waals surface area contributed by atoms with E-state index in [9.17, 15) is 0 Å². The number of nitrogens with zero attached hydrogens (tertiary/aromatic N) is 3. The van der Waals surface area contributed by atoms with Gasteiger partial charge in [-0.2, -0.15) is 0 Å². The Kier molecular flexibility index (Phi) is 9.13. The molecule has 6 aromatic rings. The molecule has 4 aromatic carbocycles. The van der Waals surface area contributed by atoms with Crippen LogP contribution in [0.4, 0.5) is 11.4 Å². The third kappa shape index (κ3) is 6.97. The van der Waals surface area contributed by atoms with Gasteiger partial charge in [0, 0.05) is 0 Å². The molecule has 0 unspecified atom stereocenters. The van der Waals surface area contributed by atoms with Crippen molar-refractivity contribution in [2.75, 3.05) is 11.4 Å². The van der Waals surface area contributed by atoms with E-state index in [0.717, 1.165) is 74.1 Å². The first-order valence-corrected chi connectivity index (χ1v) is 18.0. The zero-order valence-electron chi connectivity index (χ0n) is 24.2. The van der Waals surface area contributed by atoms with Gasteiger partial charge in [-0.05, 0) is 0 Å². The number of anilines is 2. The van der Waals surface area contributed by atoms with Crippen molar-refractivity contribution in [3.05, 3.63) is 121 Å². The van der Waals surface area contributed by atoms with E-state index in [-0.39, 0.29) is 0 Å². The Hall–Kier alpha value is -4.03. The fourth-order valence-electron chi connectivity index (χ4n) is 4.85. The van der Waals surface area contributed by atoms with Gasteiger partial charge in [0.15, 0.2) is 0 Å². The molecule has 0 amide bonds. The number of rotatable bonds is 11. The van der Waals surface area contributed by atoms with Gasteiger partial charge in [-0.3, -0.25) is 0 Å². The Morgan fingerprint density at radius 3 is 1.49 bits per heavy atom. The molecule has 2 aromatic heterocycles. The predicted molar refractivity (Wildman–Crippen MR) is 173 cm³/mol. The molecule has 7 nitrogen and oxygen atoms in total. The summed E-state index contributed by atoms with van der Waals surface area (Å²) < 4.78 is 24.6. The van der Waals surface area contributed by atoms with Crippen LogP contribution in [0.2, 0.25) is 0 Å². The van der Waals surface area contributed by atoms with E-state index >= 15 is 0 Å². The van der Waals surface area contributed by atoms with E-state index in [1.54, 1.807) is 0 Å². The van der Waals surface area contributed by atoms with Crippen LogP contribution in [0.1, 0.15) is 18.3 Å². The van der Waals surface area contributed by atoms with Crippen molar-refractivity contribution in [3.63, 3.8) is 0 Å². The summed E-state index contributed by atoms with van der Waals surface area (Å²) in [4.78, 5) is 11.5. The predicted octanol–water partition coefficient (Wildman–Crippen LogP) is 7.54. The second-order valence-corrected chi connectivity index (χ2v) is 12.7. The second kappa shape index (κ2) is 13.5. The molecule has 9 heteroatoms. The number of hydrogen-bond donors (Lipinski definition) is 0. The Bertz CT molecular complexity index is 1750. The molecule has 6 rings (SSSR count). The van der Waals surface area contributed by atoms with Crippen molar-refractivity contribution >= 4 is 69.5 Å². The molecule has 2 heterocycles. The summed E-state index contributed by atoms with van der Waals surface area (Å²) >= 11 is -3.04. The number of para-hydroxylation sites is 2. The molecule has 210 valence electrons. The van der Waals surface area contributed by atoms with Gasteiger partial charge in [-0.15, -0.1) is 0 Å². The molecule has 0 aliphatic rings. The molecule has 0 N–H and O–H groups in total. The molecule has 0 atom stereocenters. The molecule has 2 radical (unpaired) electrons. The number of aromatic nitrogens is 2. The SMILES string of the molecule is CCN(c1cccc([O][Ga][O]c2cccc3ccc(C)nc23)c1)c1cccc([O][Ga][O]c2cccc3ccc(C)nc23)c1. The van der Waals surface area contributed by atoms with Gasteiger partial charge in [0.25, 0.3) is 0 Å². The fourth-order valence-corrected chi connectivity index (χ4v) is 7.37. The van der Waals surface area contributed by atoms with Gasteiger partial charge in [-0.1, -0.05) is 0 Å². The molecule has 0 saturated carbocycles. The van der Waals surface area contributed by atoms with Crippen LogP contribution in [-0.2, 0) is 0 Å². The van der Waals surface area contributed by atoms with Gasteiger partial charge in [0.1, 0.15) is 0 Å². The topological polar surface area (TPSA) is 65.9 Å². The van der Waals surface area contributed by atoms with E-state index in [0.29, 0.717) is 0 Å².